The number of aryl methyl sites for hydroxylation is 1. The Labute approximate surface area is 223 Å². The Kier molecular flexibility index (Phi) is 6.94. The highest BCUT2D eigenvalue weighted by atomic mass is 19.4. The summed E-state index contributed by atoms with van der Waals surface area (Å²) in [6, 6.07) is 9.17. The number of rotatable bonds is 5. The van der Waals surface area contributed by atoms with E-state index in [1.54, 1.807) is 12.1 Å². The number of fused-ring (bicyclic) bond motifs is 1. The van der Waals surface area contributed by atoms with E-state index in [0.717, 1.165) is 47.9 Å². The van der Waals surface area contributed by atoms with E-state index in [1.807, 2.05) is 39.0 Å². The molecule has 8 nitrogen and oxygen atoms in total. The van der Waals surface area contributed by atoms with Gasteiger partial charge in [-0.15, -0.1) is 0 Å². The van der Waals surface area contributed by atoms with Crippen molar-refractivity contribution in [3.05, 3.63) is 59.4 Å². The zero-order valence-corrected chi connectivity index (χ0v) is 21.9. The maximum absolute atomic E-state index is 12.9. The Morgan fingerprint density at radius 1 is 1.05 bits per heavy atom. The molecule has 0 aliphatic heterocycles. The average molecular weight is 542 g/mol. The first-order valence-electron chi connectivity index (χ1n) is 13.0. The Hall–Kier alpha value is -3.76. The van der Waals surface area contributed by atoms with Crippen LogP contribution in [0, 0.1) is 11.8 Å². The molecule has 2 heterocycles. The van der Waals surface area contributed by atoms with Crippen molar-refractivity contribution in [3.63, 3.8) is 0 Å². The molecule has 39 heavy (non-hydrogen) atoms. The predicted octanol–water partition coefficient (Wildman–Crippen LogP) is 5.76. The van der Waals surface area contributed by atoms with Crippen LogP contribution in [0.15, 0.2) is 41.1 Å². The number of pyridine rings is 1. The number of halogens is 3. The second kappa shape index (κ2) is 10.1. The average Bonchev–Trinajstić information content (AvgIpc) is 3.58. The van der Waals surface area contributed by atoms with Gasteiger partial charge in [-0.3, -0.25) is 9.59 Å². The van der Waals surface area contributed by atoms with E-state index in [9.17, 15) is 22.8 Å². The van der Waals surface area contributed by atoms with Crippen LogP contribution in [0.25, 0.3) is 11.1 Å². The molecule has 0 unspecified atom stereocenters. The third-order valence-corrected chi connectivity index (χ3v) is 7.20. The number of aromatic nitrogens is 3. The minimum Gasteiger partial charge on any atom is -0.341 e. The summed E-state index contributed by atoms with van der Waals surface area (Å²) >= 11 is 0. The van der Waals surface area contributed by atoms with Gasteiger partial charge >= 0.3 is 18.0 Å². The zero-order chi connectivity index (χ0) is 27.9. The molecule has 11 heteroatoms. The molecule has 0 spiro atoms. The van der Waals surface area contributed by atoms with E-state index in [1.165, 1.54) is 6.20 Å². The van der Waals surface area contributed by atoms with Gasteiger partial charge in [0.2, 0.25) is 5.91 Å². The maximum Gasteiger partial charge on any atom is 0.392 e. The van der Waals surface area contributed by atoms with Crippen LogP contribution in [0.5, 0.6) is 0 Å². The minimum absolute atomic E-state index is 0.0681. The Balaban J connectivity index is 1.31. The van der Waals surface area contributed by atoms with E-state index in [2.05, 4.69) is 25.8 Å². The minimum atomic E-state index is -4.36. The summed E-state index contributed by atoms with van der Waals surface area (Å²) in [6.45, 7) is 5.82. The van der Waals surface area contributed by atoms with Gasteiger partial charge in [0.05, 0.1) is 17.9 Å². The standard InChI is InChI=1S/C28H30F3N5O3/c1-27(2,3)26-35-25(39-36-26)24(38)33-21-7-5-4-6-17-12-15(8-9-18(17)21)16-10-11-32-22(13-16)34-23(37)19-14-20(19)28(29,30)31/h8-13,19-21H,4-7,14H2,1-3H3,(H,33,38)(H,32,34,37)/t19-,20-,21-/m1/s1. The van der Waals surface area contributed by atoms with Crippen LogP contribution in [-0.2, 0) is 16.6 Å². The van der Waals surface area contributed by atoms with Crippen molar-refractivity contribution in [1.29, 1.82) is 0 Å². The van der Waals surface area contributed by atoms with E-state index in [0.29, 0.717) is 5.82 Å². The molecule has 2 aliphatic rings. The Morgan fingerprint density at radius 2 is 1.82 bits per heavy atom. The van der Waals surface area contributed by atoms with Crippen LogP contribution in [0.2, 0.25) is 0 Å². The summed E-state index contributed by atoms with van der Waals surface area (Å²) in [6.07, 6.45) is 0.445. The normalized spacial score (nSPS) is 21.0. The molecular weight excluding hydrogens is 511 g/mol. The fourth-order valence-electron chi connectivity index (χ4n) is 4.90. The first-order chi connectivity index (χ1) is 18.4. The van der Waals surface area contributed by atoms with Crippen molar-refractivity contribution < 1.29 is 27.3 Å². The summed E-state index contributed by atoms with van der Waals surface area (Å²) in [7, 11) is 0. The summed E-state index contributed by atoms with van der Waals surface area (Å²) in [4.78, 5) is 33.6. The SMILES string of the molecule is CC(C)(C)c1noc(C(=O)N[C@@H]2CCCCc3cc(-c4ccnc(NC(=O)[C@@H]5C[C@H]5C(F)(F)F)c4)ccc32)n1. The molecular formula is C28H30F3N5O3. The molecule has 1 aromatic carbocycles. The number of carbonyl (C=O) groups excluding carboxylic acids is 2. The fourth-order valence-corrected chi connectivity index (χ4v) is 4.90. The van der Waals surface area contributed by atoms with Gasteiger partial charge in [0.15, 0.2) is 5.82 Å². The van der Waals surface area contributed by atoms with Gasteiger partial charge < -0.3 is 15.2 Å². The van der Waals surface area contributed by atoms with Crippen LogP contribution in [0.1, 0.15) is 80.1 Å². The lowest BCUT2D eigenvalue weighted by Gasteiger charge is -2.19. The molecule has 0 bridgehead atoms. The summed E-state index contributed by atoms with van der Waals surface area (Å²) in [5.74, 6) is -3.14. The lowest BCUT2D eigenvalue weighted by Crippen LogP contribution is -2.29. The molecule has 2 amide bonds. The van der Waals surface area contributed by atoms with Gasteiger partial charge in [0.1, 0.15) is 5.82 Å². The highest BCUT2D eigenvalue weighted by molar-refractivity contribution is 5.94. The number of alkyl halides is 3. The van der Waals surface area contributed by atoms with Crippen LogP contribution >= 0.6 is 0 Å². The van der Waals surface area contributed by atoms with Crippen molar-refractivity contribution in [2.24, 2.45) is 11.8 Å². The highest BCUT2D eigenvalue weighted by Crippen LogP contribution is 2.50. The molecule has 2 aromatic heterocycles. The van der Waals surface area contributed by atoms with Crippen molar-refractivity contribution in [2.45, 2.75) is 70.5 Å². The van der Waals surface area contributed by atoms with Crippen LogP contribution in [0.4, 0.5) is 19.0 Å². The van der Waals surface area contributed by atoms with E-state index in [-0.39, 0.29) is 29.6 Å². The molecule has 2 aliphatic carbocycles. The largest absolute Gasteiger partial charge is 0.392 e. The second-order valence-electron chi connectivity index (χ2n) is 11.3. The fraction of sp³-hybridized carbons (Fsp3) is 0.464. The van der Waals surface area contributed by atoms with Crippen LogP contribution in [0.3, 0.4) is 0 Å². The third kappa shape index (κ3) is 5.97. The third-order valence-electron chi connectivity index (χ3n) is 7.20. The topological polar surface area (TPSA) is 110 Å². The van der Waals surface area contributed by atoms with E-state index in [4.69, 9.17) is 4.52 Å². The molecule has 1 fully saturated rings. The van der Waals surface area contributed by atoms with Crippen molar-refractivity contribution in [1.82, 2.24) is 20.4 Å². The van der Waals surface area contributed by atoms with Gasteiger partial charge in [-0.1, -0.05) is 50.5 Å². The van der Waals surface area contributed by atoms with Gasteiger partial charge in [0, 0.05) is 11.6 Å². The van der Waals surface area contributed by atoms with Gasteiger partial charge in [-0.05, 0) is 60.1 Å². The summed E-state index contributed by atoms with van der Waals surface area (Å²) < 4.78 is 43.7. The number of carbonyl (C=O) groups is 2. The smallest absolute Gasteiger partial charge is 0.341 e. The monoisotopic (exact) mass is 541 g/mol. The van der Waals surface area contributed by atoms with E-state index >= 15 is 0 Å². The van der Waals surface area contributed by atoms with Crippen LogP contribution < -0.4 is 10.6 Å². The van der Waals surface area contributed by atoms with Crippen molar-refractivity contribution in [3.8, 4) is 11.1 Å². The van der Waals surface area contributed by atoms with Gasteiger partial charge in [-0.2, -0.15) is 18.2 Å². The number of amides is 2. The number of nitrogens with one attached hydrogen (secondary N) is 2. The number of anilines is 1. The molecule has 2 N–H and O–H groups in total. The van der Waals surface area contributed by atoms with Gasteiger partial charge in [-0.25, -0.2) is 4.98 Å². The molecule has 3 atom stereocenters. The first kappa shape index (κ1) is 26.8. The molecule has 5 rings (SSSR count). The first-order valence-corrected chi connectivity index (χ1v) is 13.0. The number of nitrogens with zero attached hydrogens (tertiary/aromatic N) is 3. The summed E-state index contributed by atoms with van der Waals surface area (Å²) in [5.41, 5.74) is 3.41. The quantitative estimate of drug-likeness (QED) is 0.397. The summed E-state index contributed by atoms with van der Waals surface area (Å²) in [5, 5.41) is 9.50. The number of benzene rings is 1. The van der Waals surface area contributed by atoms with Crippen molar-refractivity contribution in [2.75, 3.05) is 5.32 Å². The maximum atomic E-state index is 12.9. The van der Waals surface area contributed by atoms with Gasteiger partial charge in [0.25, 0.3) is 0 Å². The molecule has 1 saturated carbocycles. The highest BCUT2D eigenvalue weighted by Gasteiger charge is 2.58. The van der Waals surface area contributed by atoms with E-state index < -0.39 is 29.8 Å². The zero-order valence-electron chi connectivity index (χ0n) is 21.9. The molecule has 0 saturated heterocycles. The predicted molar refractivity (Wildman–Crippen MR) is 137 cm³/mol. The number of hydrogen-bond acceptors (Lipinski definition) is 6. The second-order valence-corrected chi connectivity index (χ2v) is 11.3. The molecule has 3 aromatic rings. The van der Waals surface area contributed by atoms with Crippen molar-refractivity contribution >= 4 is 17.6 Å². The molecule has 206 valence electrons. The Bertz CT molecular complexity index is 1400. The lowest BCUT2D eigenvalue weighted by atomic mass is 9.94. The lowest BCUT2D eigenvalue weighted by molar-refractivity contribution is -0.153. The molecule has 0 radical (unpaired) electrons. The number of hydrogen-bond donors (Lipinski definition) is 2. The Morgan fingerprint density at radius 3 is 2.51 bits per heavy atom. The van der Waals surface area contributed by atoms with Crippen LogP contribution in [-0.4, -0.2) is 33.1 Å².